The fraction of sp³-hybridized carbons (Fsp3) is 0.538. The minimum Gasteiger partial charge on any atom is -0.472 e. The Labute approximate surface area is 112 Å². The number of carbonyl (C=O) groups excluding carboxylic acids is 1. The first-order valence-corrected chi connectivity index (χ1v) is 6.52. The third-order valence-electron chi connectivity index (χ3n) is 2.97. The van der Waals surface area contributed by atoms with Gasteiger partial charge in [0.25, 0.3) is 0 Å². The smallest absolute Gasteiger partial charge is 0.240 e. The first-order chi connectivity index (χ1) is 8.56. The minimum absolute atomic E-state index is 0.0135. The lowest BCUT2D eigenvalue weighted by molar-refractivity contribution is -0.129. The average molecular weight is 269 g/mol. The maximum atomic E-state index is 11.7. The SMILES string of the molecule is Cc1ccc(OC2CCN(C(=O)C(C)Cl)C2)nc1. The summed E-state index contributed by atoms with van der Waals surface area (Å²) in [7, 11) is 0. The molecule has 0 spiro atoms. The molecule has 18 heavy (non-hydrogen) atoms. The second-order valence-corrected chi connectivity index (χ2v) is 5.26. The molecular weight excluding hydrogens is 252 g/mol. The van der Waals surface area contributed by atoms with E-state index in [-0.39, 0.29) is 12.0 Å². The Morgan fingerprint density at radius 1 is 1.61 bits per heavy atom. The third kappa shape index (κ3) is 3.13. The fourth-order valence-corrected chi connectivity index (χ4v) is 2.11. The van der Waals surface area contributed by atoms with Gasteiger partial charge in [-0.25, -0.2) is 4.98 Å². The summed E-state index contributed by atoms with van der Waals surface area (Å²) in [6, 6.07) is 3.81. The van der Waals surface area contributed by atoms with Gasteiger partial charge in [0.05, 0.1) is 6.54 Å². The number of ether oxygens (including phenoxy) is 1. The van der Waals surface area contributed by atoms with Crippen molar-refractivity contribution in [3.8, 4) is 5.88 Å². The molecule has 0 aliphatic carbocycles. The molecule has 1 aliphatic rings. The lowest BCUT2D eigenvalue weighted by Gasteiger charge is -2.18. The van der Waals surface area contributed by atoms with Crippen LogP contribution in [0.1, 0.15) is 18.9 Å². The van der Waals surface area contributed by atoms with E-state index in [4.69, 9.17) is 16.3 Å². The van der Waals surface area contributed by atoms with E-state index in [0.29, 0.717) is 19.0 Å². The molecule has 2 atom stereocenters. The van der Waals surface area contributed by atoms with Crippen molar-refractivity contribution in [1.29, 1.82) is 0 Å². The maximum absolute atomic E-state index is 11.7. The number of alkyl halides is 1. The van der Waals surface area contributed by atoms with Crippen molar-refractivity contribution in [1.82, 2.24) is 9.88 Å². The molecule has 1 amide bonds. The van der Waals surface area contributed by atoms with Gasteiger partial charge in [-0.15, -0.1) is 11.6 Å². The van der Waals surface area contributed by atoms with E-state index in [1.807, 2.05) is 19.1 Å². The number of amides is 1. The van der Waals surface area contributed by atoms with Crippen LogP contribution in [0, 0.1) is 6.92 Å². The maximum Gasteiger partial charge on any atom is 0.240 e. The number of halogens is 1. The van der Waals surface area contributed by atoms with E-state index >= 15 is 0 Å². The van der Waals surface area contributed by atoms with Crippen LogP contribution < -0.4 is 4.74 Å². The lowest BCUT2D eigenvalue weighted by Crippen LogP contribution is -2.35. The van der Waals surface area contributed by atoms with Gasteiger partial charge in [0.2, 0.25) is 11.8 Å². The van der Waals surface area contributed by atoms with Crippen molar-refractivity contribution in [3.05, 3.63) is 23.9 Å². The monoisotopic (exact) mass is 268 g/mol. The van der Waals surface area contributed by atoms with Gasteiger partial charge in [0.1, 0.15) is 11.5 Å². The number of rotatable bonds is 3. The van der Waals surface area contributed by atoms with Gasteiger partial charge >= 0.3 is 0 Å². The first-order valence-electron chi connectivity index (χ1n) is 6.08. The molecule has 2 rings (SSSR count). The molecule has 2 unspecified atom stereocenters. The van der Waals surface area contributed by atoms with Gasteiger partial charge in [0, 0.05) is 25.2 Å². The molecular formula is C13H17ClN2O2. The number of carbonyl (C=O) groups is 1. The minimum atomic E-state index is -0.471. The van der Waals surface area contributed by atoms with E-state index in [1.165, 1.54) is 0 Å². The van der Waals surface area contributed by atoms with Gasteiger partial charge in [-0.1, -0.05) is 6.07 Å². The highest BCUT2D eigenvalue weighted by molar-refractivity contribution is 6.30. The Morgan fingerprint density at radius 2 is 2.39 bits per heavy atom. The van der Waals surface area contributed by atoms with Crippen LogP contribution in [0.2, 0.25) is 0 Å². The molecule has 0 N–H and O–H groups in total. The van der Waals surface area contributed by atoms with Crippen molar-refractivity contribution in [2.24, 2.45) is 0 Å². The molecule has 4 nitrogen and oxygen atoms in total. The Morgan fingerprint density at radius 3 is 3.00 bits per heavy atom. The van der Waals surface area contributed by atoms with Gasteiger partial charge in [-0.05, 0) is 19.4 Å². The summed E-state index contributed by atoms with van der Waals surface area (Å²) in [6.45, 7) is 4.96. The van der Waals surface area contributed by atoms with Crippen molar-refractivity contribution >= 4 is 17.5 Å². The van der Waals surface area contributed by atoms with Crippen LogP contribution in [0.25, 0.3) is 0 Å². The summed E-state index contributed by atoms with van der Waals surface area (Å²) < 4.78 is 5.74. The van der Waals surface area contributed by atoms with Gasteiger partial charge in [0.15, 0.2) is 0 Å². The molecule has 1 aromatic heterocycles. The number of likely N-dealkylation sites (tertiary alicyclic amines) is 1. The molecule has 1 aliphatic heterocycles. The number of hydrogen-bond acceptors (Lipinski definition) is 3. The molecule has 0 aromatic carbocycles. The van der Waals surface area contributed by atoms with Crippen LogP contribution in [0.4, 0.5) is 0 Å². The Bertz CT molecular complexity index is 420. The average Bonchev–Trinajstić information content (AvgIpc) is 2.79. The van der Waals surface area contributed by atoms with Crippen LogP contribution in [-0.2, 0) is 4.79 Å². The summed E-state index contributed by atoms with van der Waals surface area (Å²) >= 11 is 5.79. The topological polar surface area (TPSA) is 42.4 Å². The van der Waals surface area contributed by atoms with E-state index in [2.05, 4.69) is 4.98 Å². The first kappa shape index (κ1) is 13.1. The van der Waals surface area contributed by atoms with Gasteiger partial charge < -0.3 is 9.64 Å². The quantitative estimate of drug-likeness (QED) is 0.788. The number of aryl methyl sites for hydroxylation is 1. The highest BCUT2D eigenvalue weighted by Crippen LogP contribution is 2.18. The summed E-state index contributed by atoms with van der Waals surface area (Å²) in [6.07, 6.45) is 2.61. The van der Waals surface area contributed by atoms with Crippen LogP contribution in [0.5, 0.6) is 5.88 Å². The zero-order chi connectivity index (χ0) is 13.1. The molecule has 0 saturated carbocycles. The summed E-state index contributed by atoms with van der Waals surface area (Å²) in [5.74, 6) is 0.582. The highest BCUT2D eigenvalue weighted by atomic mass is 35.5. The van der Waals surface area contributed by atoms with Crippen LogP contribution in [0.3, 0.4) is 0 Å². The molecule has 0 radical (unpaired) electrons. The largest absolute Gasteiger partial charge is 0.472 e. The second kappa shape index (κ2) is 5.57. The number of hydrogen-bond donors (Lipinski definition) is 0. The van der Waals surface area contributed by atoms with E-state index in [9.17, 15) is 4.79 Å². The van der Waals surface area contributed by atoms with Crippen LogP contribution in [-0.4, -0.2) is 40.4 Å². The van der Waals surface area contributed by atoms with E-state index < -0.39 is 5.38 Å². The number of nitrogens with zero attached hydrogens (tertiary/aromatic N) is 2. The molecule has 0 bridgehead atoms. The third-order valence-corrected chi connectivity index (χ3v) is 3.16. The van der Waals surface area contributed by atoms with E-state index in [1.54, 1.807) is 18.0 Å². The number of pyridine rings is 1. The van der Waals surface area contributed by atoms with Crippen LogP contribution >= 0.6 is 11.6 Å². The summed E-state index contributed by atoms with van der Waals surface area (Å²) in [5.41, 5.74) is 1.10. The molecule has 1 saturated heterocycles. The number of aromatic nitrogens is 1. The van der Waals surface area contributed by atoms with E-state index in [0.717, 1.165) is 12.0 Å². The van der Waals surface area contributed by atoms with Crippen molar-refractivity contribution in [2.45, 2.75) is 31.7 Å². The molecule has 5 heteroatoms. The Kier molecular flexibility index (Phi) is 4.07. The normalized spacial score (nSPS) is 20.8. The summed E-state index contributed by atoms with van der Waals surface area (Å²) in [4.78, 5) is 17.7. The lowest BCUT2D eigenvalue weighted by atomic mass is 10.3. The standard InChI is InChI=1S/C13H17ClN2O2/c1-9-3-4-12(15-7-9)18-11-5-6-16(8-11)13(17)10(2)14/h3-4,7,10-11H,5-6,8H2,1-2H3. The highest BCUT2D eigenvalue weighted by Gasteiger charge is 2.29. The van der Waals surface area contributed by atoms with Crippen molar-refractivity contribution < 1.29 is 9.53 Å². The Balaban J connectivity index is 1.90. The molecule has 1 fully saturated rings. The van der Waals surface area contributed by atoms with Crippen molar-refractivity contribution in [3.63, 3.8) is 0 Å². The predicted molar refractivity (Wildman–Crippen MR) is 69.9 cm³/mol. The van der Waals surface area contributed by atoms with Gasteiger partial charge in [-0.2, -0.15) is 0 Å². The van der Waals surface area contributed by atoms with Crippen LogP contribution in [0.15, 0.2) is 18.3 Å². The Hall–Kier alpha value is -1.29. The zero-order valence-electron chi connectivity index (χ0n) is 10.6. The molecule has 98 valence electrons. The van der Waals surface area contributed by atoms with Crippen molar-refractivity contribution in [2.75, 3.05) is 13.1 Å². The molecule has 2 heterocycles. The molecule has 1 aromatic rings. The second-order valence-electron chi connectivity index (χ2n) is 4.60. The zero-order valence-corrected chi connectivity index (χ0v) is 11.4. The summed E-state index contributed by atoms with van der Waals surface area (Å²) in [5, 5.41) is -0.471. The van der Waals surface area contributed by atoms with Gasteiger partial charge in [-0.3, -0.25) is 4.79 Å². The fourth-order valence-electron chi connectivity index (χ4n) is 1.97. The predicted octanol–water partition coefficient (Wildman–Crippen LogP) is 2.00.